The molecule has 0 radical (unpaired) electrons. The summed E-state index contributed by atoms with van der Waals surface area (Å²) in [6.45, 7) is 9.34. The molecular formula is C30H36N2O. The molecule has 0 bridgehead atoms. The molecule has 3 nitrogen and oxygen atoms in total. The Kier molecular flexibility index (Phi) is 6.88. The van der Waals surface area contributed by atoms with Crippen LogP contribution in [-0.2, 0) is 5.41 Å². The van der Waals surface area contributed by atoms with Crippen molar-refractivity contribution in [2.75, 3.05) is 11.9 Å². The fourth-order valence-electron chi connectivity index (χ4n) is 4.92. The molecule has 0 aromatic heterocycles. The second-order valence-corrected chi connectivity index (χ2v) is 10.0. The highest BCUT2D eigenvalue weighted by molar-refractivity contribution is 5.91. The second kappa shape index (κ2) is 9.82. The monoisotopic (exact) mass is 440 g/mol. The van der Waals surface area contributed by atoms with E-state index in [0.717, 1.165) is 18.5 Å². The summed E-state index contributed by atoms with van der Waals surface area (Å²) < 4.78 is 0. The first-order valence-electron chi connectivity index (χ1n) is 12.2. The van der Waals surface area contributed by atoms with Gasteiger partial charge in [0.1, 0.15) is 0 Å². The van der Waals surface area contributed by atoms with E-state index in [-0.39, 0.29) is 11.4 Å². The van der Waals surface area contributed by atoms with E-state index < -0.39 is 0 Å². The molecule has 0 saturated heterocycles. The van der Waals surface area contributed by atoms with Crippen LogP contribution < -0.4 is 10.6 Å². The van der Waals surface area contributed by atoms with E-state index in [2.05, 4.69) is 105 Å². The van der Waals surface area contributed by atoms with Gasteiger partial charge in [-0.15, -0.1) is 0 Å². The summed E-state index contributed by atoms with van der Waals surface area (Å²) in [5.74, 6) is 0.695. The van der Waals surface area contributed by atoms with Crippen LogP contribution in [0.5, 0.6) is 0 Å². The van der Waals surface area contributed by atoms with E-state index >= 15 is 0 Å². The summed E-state index contributed by atoms with van der Waals surface area (Å²) in [5, 5.41) is 6.40. The summed E-state index contributed by atoms with van der Waals surface area (Å²) in [5.41, 5.74) is 7.15. The van der Waals surface area contributed by atoms with Crippen molar-refractivity contribution in [2.45, 2.75) is 64.2 Å². The van der Waals surface area contributed by atoms with Crippen LogP contribution in [0.1, 0.15) is 75.5 Å². The number of nitrogens with one attached hydrogen (secondary N) is 2. The van der Waals surface area contributed by atoms with Gasteiger partial charge in [0.25, 0.3) is 0 Å². The van der Waals surface area contributed by atoms with Gasteiger partial charge in [0.15, 0.2) is 0 Å². The van der Waals surface area contributed by atoms with Gasteiger partial charge in [0, 0.05) is 17.6 Å². The fraction of sp³-hybridized carbons (Fsp3) is 0.367. The van der Waals surface area contributed by atoms with Crippen LogP contribution >= 0.6 is 0 Å². The maximum absolute atomic E-state index is 13.0. The minimum Gasteiger partial charge on any atom is -0.337 e. The van der Waals surface area contributed by atoms with Crippen LogP contribution in [0.3, 0.4) is 0 Å². The van der Waals surface area contributed by atoms with Crippen molar-refractivity contribution in [1.82, 2.24) is 5.32 Å². The summed E-state index contributed by atoms with van der Waals surface area (Å²) in [6.07, 6.45) is 3.42. The minimum atomic E-state index is -0.114. The van der Waals surface area contributed by atoms with Gasteiger partial charge in [-0.3, -0.25) is 0 Å². The third-order valence-electron chi connectivity index (χ3n) is 7.11. The maximum atomic E-state index is 13.0. The van der Waals surface area contributed by atoms with Crippen LogP contribution in [0, 0.1) is 0 Å². The summed E-state index contributed by atoms with van der Waals surface area (Å²) in [4.78, 5) is 13.0. The van der Waals surface area contributed by atoms with Gasteiger partial charge in [-0.05, 0) is 52.5 Å². The highest BCUT2D eigenvalue weighted by atomic mass is 16.2. The molecule has 0 heterocycles. The molecule has 2 N–H and O–H groups in total. The summed E-state index contributed by atoms with van der Waals surface area (Å²) in [6, 6.07) is 25.6. The molecule has 1 aliphatic carbocycles. The van der Waals surface area contributed by atoms with Crippen LogP contribution in [-0.4, -0.2) is 12.6 Å². The van der Waals surface area contributed by atoms with E-state index in [4.69, 9.17) is 0 Å². The average Bonchev–Trinajstić information content (AvgIpc) is 2.79. The van der Waals surface area contributed by atoms with Gasteiger partial charge in [-0.2, -0.15) is 0 Å². The van der Waals surface area contributed by atoms with Crippen molar-refractivity contribution in [3.05, 3.63) is 89.5 Å². The number of urea groups is 1. The van der Waals surface area contributed by atoms with E-state index in [0.29, 0.717) is 18.4 Å². The molecule has 33 heavy (non-hydrogen) atoms. The Hall–Kier alpha value is -3.07. The summed E-state index contributed by atoms with van der Waals surface area (Å²) >= 11 is 0. The van der Waals surface area contributed by atoms with Gasteiger partial charge < -0.3 is 10.6 Å². The summed E-state index contributed by atoms with van der Waals surface area (Å²) in [7, 11) is 0. The minimum absolute atomic E-state index is 0.0327. The smallest absolute Gasteiger partial charge is 0.319 e. The quantitative estimate of drug-likeness (QED) is 0.386. The van der Waals surface area contributed by atoms with Crippen molar-refractivity contribution in [2.24, 2.45) is 0 Å². The Balaban J connectivity index is 1.47. The van der Waals surface area contributed by atoms with E-state index in [9.17, 15) is 4.79 Å². The zero-order chi connectivity index (χ0) is 23.4. The van der Waals surface area contributed by atoms with Gasteiger partial charge in [-0.25, -0.2) is 4.79 Å². The van der Waals surface area contributed by atoms with Gasteiger partial charge in [-0.1, -0.05) is 107 Å². The lowest BCUT2D eigenvalue weighted by molar-refractivity contribution is 0.222. The van der Waals surface area contributed by atoms with E-state index in [1.807, 2.05) is 6.07 Å². The highest BCUT2D eigenvalue weighted by Gasteiger charge is 2.38. The SMILES string of the molecule is CC(C)c1cccc(C(C)C)c1NC(=O)NCC1(c2ccc(-c3ccccc3)cc2)CCC1. The first-order chi connectivity index (χ1) is 15.9. The number of carbonyl (C=O) groups is 1. The Labute approximate surface area is 198 Å². The Bertz CT molecular complexity index is 1050. The molecule has 0 unspecified atom stereocenters. The molecule has 0 atom stereocenters. The lowest BCUT2D eigenvalue weighted by atomic mass is 9.64. The van der Waals surface area contributed by atoms with Crippen LogP contribution in [0.2, 0.25) is 0 Å². The lowest BCUT2D eigenvalue weighted by Gasteiger charge is -2.42. The first kappa shape index (κ1) is 23.1. The molecule has 1 aliphatic rings. The van der Waals surface area contributed by atoms with Gasteiger partial charge in [0.05, 0.1) is 0 Å². The number of carbonyl (C=O) groups excluding carboxylic acids is 1. The number of anilines is 1. The first-order valence-corrected chi connectivity index (χ1v) is 12.2. The van der Waals surface area contributed by atoms with Crippen molar-refractivity contribution >= 4 is 11.7 Å². The second-order valence-electron chi connectivity index (χ2n) is 10.0. The molecule has 1 fully saturated rings. The Morgan fingerprint density at radius 1 is 0.788 bits per heavy atom. The Morgan fingerprint density at radius 3 is 1.88 bits per heavy atom. The average molecular weight is 441 g/mol. The number of hydrogen-bond acceptors (Lipinski definition) is 1. The fourth-order valence-corrected chi connectivity index (χ4v) is 4.92. The van der Waals surface area contributed by atoms with Crippen molar-refractivity contribution in [3.63, 3.8) is 0 Å². The van der Waals surface area contributed by atoms with Crippen LogP contribution in [0.15, 0.2) is 72.8 Å². The number of amides is 2. The Morgan fingerprint density at radius 2 is 1.36 bits per heavy atom. The molecular weight excluding hydrogens is 404 g/mol. The van der Waals surface area contributed by atoms with Crippen LogP contribution in [0.4, 0.5) is 10.5 Å². The highest BCUT2D eigenvalue weighted by Crippen LogP contribution is 2.43. The number of rotatable bonds is 7. The standard InChI is InChI=1S/C30H36N2O/c1-21(2)26-12-8-13-27(22(3)4)28(26)32-29(33)31-20-30(18-9-19-30)25-16-14-24(15-17-25)23-10-6-5-7-11-23/h5-8,10-17,21-22H,9,18-20H2,1-4H3,(H2,31,32,33). The molecule has 1 saturated carbocycles. The van der Waals surface area contributed by atoms with Crippen molar-refractivity contribution < 1.29 is 4.79 Å². The normalized spacial score (nSPS) is 14.7. The molecule has 0 aliphatic heterocycles. The molecule has 3 heteroatoms. The topological polar surface area (TPSA) is 41.1 Å². The number of para-hydroxylation sites is 1. The molecule has 4 rings (SSSR count). The predicted molar refractivity (Wildman–Crippen MR) is 139 cm³/mol. The molecule has 0 spiro atoms. The number of hydrogen-bond donors (Lipinski definition) is 2. The van der Waals surface area contributed by atoms with Gasteiger partial charge >= 0.3 is 6.03 Å². The third kappa shape index (κ3) is 4.98. The third-order valence-corrected chi connectivity index (χ3v) is 7.11. The zero-order valence-electron chi connectivity index (χ0n) is 20.3. The number of benzene rings is 3. The zero-order valence-corrected chi connectivity index (χ0v) is 20.3. The molecule has 3 aromatic carbocycles. The van der Waals surface area contributed by atoms with Crippen molar-refractivity contribution in [3.8, 4) is 11.1 Å². The van der Waals surface area contributed by atoms with E-state index in [1.54, 1.807) is 0 Å². The lowest BCUT2D eigenvalue weighted by Crippen LogP contribution is -2.46. The maximum Gasteiger partial charge on any atom is 0.319 e. The van der Waals surface area contributed by atoms with Gasteiger partial charge in [0.2, 0.25) is 0 Å². The van der Waals surface area contributed by atoms with Crippen molar-refractivity contribution in [1.29, 1.82) is 0 Å². The molecule has 2 amide bonds. The predicted octanol–water partition coefficient (Wildman–Crippen LogP) is 7.84. The van der Waals surface area contributed by atoms with Crippen LogP contribution in [0.25, 0.3) is 11.1 Å². The van der Waals surface area contributed by atoms with E-state index in [1.165, 1.54) is 34.2 Å². The molecule has 3 aromatic rings. The molecule has 172 valence electrons. The largest absolute Gasteiger partial charge is 0.337 e.